The first-order valence-corrected chi connectivity index (χ1v) is 6.60. The molecular weight excluding hydrogens is 284 g/mol. The van der Waals surface area contributed by atoms with E-state index in [-0.39, 0.29) is 11.1 Å². The van der Waals surface area contributed by atoms with Crippen LogP contribution in [0.5, 0.6) is 11.5 Å². The first-order chi connectivity index (χ1) is 10.6. The zero-order valence-corrected chi connectivity index (χ0v) is 12.4. The van der Waals surface area contributed by atoms with Crippen LogP contribution in [0, 0.1) is 0 Å². The highest BCUT2D eigenvalue weighted by molar-refractivity contribution is 5.91. The average Bonchev–Trinajstić information content (AvgIpc) is 2.60. The Balaban J connectivity index is 2.76. The number of aliphatic hydroxyl groups is 1. The molecular formula is C16H18N2O4. The lowest BCUT2D eigenvalue weighted by atomic mass is 9.84. The number of nitrogens with one attached hydrogen (secondary N) is 1. The summed E-state index contributed by atoms with van der Waals surface area (Å²) in [6.45, 7) is 0. The number of hydrazine groups is 1. The number of para-hydroxylation sites is 2. The quantitative estimate of drug-likeness (QED) is 0.434. The van der Waals surface area contributed by atoms with Crippen molar-refractivity contribution in [2.24, 2.45) is 5.84 Å². The molecule has 6 heteroatoms. The number of rotatable bonds is 5. The van der Waals surface area contributed by atoms with E-state index in [1.807, 2.05) is 5.43 Å². The molecule has 2 aromatic carbocycles. The zero-order valence-electron chi connectivity index (χ0n) is 12.4. The third kappa shape index (κ3) is 2.49. The molecule has 0 aliphatic heterocycles. The van der Waals surface area contributed by atoms with Gasteiger partial charge >= 0.3 is 0 Å². The minimum atomic E-state index is -2.05. The molecule has 0 aromatic heterocycles. The van der Waals surface area contributed by atoms with Gasteiger partial charge in [0, 0.05) is 11.1 Å². The highest BCUT2D eigenvalue weighted by Crippen LogP contribution is 2.39. The van der Waals surface area contributed by atoms with Gasteiger partial charge in [0.2, 0.25) is 5.60 Å². The van der Waals surface area contributed by atoms with Gasteiger partial charge in [-0.25, -0.2) is 5.84 Å². The monoisotopic (exact) mass is 302 g/mol. The molecule has 0 saturated carbocycles. The molecule has 0 spiro atoms. The third-order valence-corrected chi connectivity index (χ3v) is 3.45. The van der Waals surface area contributed by atoms with E-state index in [2.05, 4.69) is 0 Å². The van der Waals surface area contributed by atoms with E-state index in [9.17, 15) is 9.90 Å². The summed E-state index contributed by atoms with van der Waals surface area (Å²) in [7, 11) is 2.92. The fourth-order valence-electron chi connectivity index (χ4n) is 2.38. The molecule has 22 heavy (non-hydrogen) atoms. The highest BCUT2D eigenvalue weighted by atomic mass is 16.5. The van der Waals surface area contributed by atoms with Gasteiger partial charge in [-0.1, -0.05) is 36.4 Å². The molecule has 2 aromatic rings. The Kier molecular flexibility index (Phi) is 4.65. The molecule has 6 nitrogen and oxygen atoms in total. The van der Waals surface area contributed by atoms with Crippen LogP contribution in [0.4, 0.5) is 0 Å². The van der Waals surface area contributed by atoms with Gasteiger partial charge in [0.1, 0.15) is 11.5 Å². The Morgan fingerprint density at radius 2 is 1.41 bits per heavy atom. The summed E-state index contributed by atoms with van der Waals surface area (Å²) in [5, 5.41) is 11.2. The summed E-state index contributed by atoms with van der Waals surface area (Å²) in [5.74, 6) is 5.21. The lowest BCUT2D eigenvalue weighted by Gasteiger charge is -2.29. The van der Waals surface area contributed by atoms with Crippen molar-refractivity contribution in [1.82, 2.24) is 5.43 Å². The van der Waals surface area contributed by atoms with E-state index in [1.54, 1.807) is 48.5 Å². The number of carbonyl (C=O) groups is 1. The first-order valence-electron chi connectivity index (χ1n) is 6.60. The summed E-state index contributed by atoms with van der Waals surface area (Å²) in [6.07, 6.45) is 0. The average molecular weight is 302 g/mol. The predicted molar refractivity (Wildman–Crippen MR) is 81.3 cm³/mol. The third-order valence-electron chi connectivity index (χ3n) is 3.45. The molecule has 2 rings (SSSR count). The first kappa shape index (κ1) is 15.8. The van der Waals surface area contributed by atoms with E-state index in [0.29, 0.717) is 11.5 Å². The number of ether oxygens (including phenoxy) is 2. The number of benzene rings is 2. The molecule has 0 atom stereocenters. The topological polar surface area (TPSA) is 93.8 Å². The molecule has 0 fully saturated rings. The fraction of sp³-hybridized carbons (Fsp3) is 0.188. The molecule has 0 aliphatic carbocycles. The number of carbonyl (C=O) groups excluding carboxylic acids is 1. The van der Waals surface area contributed by atoms with E-state index in [0.717, 1.165) is 0 Å². The Bertz CT molecular complexity index is 625. The van der Waals surface area contributed by atoms with Crippen LogP contribution in [0.25, 0.3) is 0 Å². The van der Waals surface area contributed by atoms with E-state index in [1.165, 1.54) is 14.2 Å². The SMILES string of the molecule is COc1ccccc1C(O)(C(=O)NN)c1ccccc1OC. The Morgan fingerprint density at radius 3 is 1.77 bits per heavy atom. The fourth-order valence-corrected chi connectivity index (χ4v) is 2.38. The van der Waals surface area contributed by atoms with E-state index < -0.39 is 11.5 Å². The van der Waals surface area contributed by atoms with Crippen LogP contribution >= 0.6 is 0 Å². The Labute approximate surface area is 128 Å². The zero-order chi connectivity index (χ0) is 16.2. The summed E-state index contributed by atoms with van der Waals surface area (Å²) in [5.41, 5.74) is 0.494. The van der Waals surface area contributed by atoms with E-state index >= 15 is 0 Å². The number of nitrogens with two attached hydrogens (primary N) is 1. The van der Waals surface area contributed by atoms with Crippen molar-refractivity contribution in [1.29, 1.82) is 0 Å². The van der Waals surface area contributed by atoms with Crippen LogP contribution in [-0.4, -0.2) is 25.2 Å². The van der Waals surface area contributed by atoms with Gasteiger partial charge in [0.05, 0.1) is 14.2 Å². The molecule has 0 radical (unpaired) electrons. The van der Waals surface area contributed by atoms with Crippen molar-refractivity contribution in [2.75, 3.05) is 14.2 Å². The second-order valence-corrected chi connectivity index (χ2v) is 4.58. The molecule has 4 N–H and O–H groups in total. The maximum absolute atomic E-state index is 12.4. The van der Waals surface area contributed by atoms with Gasteiger partial charge < -0.3 is 14.6 Å². The van der Waals surface area contributed by atoms with Gasteiger partial charge in [-0.2, -0.15) is 0 Å². The summed E-state index contributed by atoms with van der Waals surface area (Å²) >= 11 is 0. The lowest BCUT2D eigenvalue weighted by molar-refractivity contribution is -0.137. The number of hydrogen-bond donors (Lipinski definition) is 3. The van der Waals surface area contributed by atoms with Crippen LogP contribution in [0.15, 0.2) is 48.5 Å². The smallest absolute Gasteiger partial charge is 0.275 e. The normalized spacial score (nSPS) is 10.9. The minimum absolute atomic E-state index is 0.268. The van der Waals surface area contributed by atoms with Gasteiger partial charge in [-0.3, -0.25) is 10.2 Å². The van der Waals surface area contributed by atoms with Crippen molar-refractivity contribution in [3.8, 4) is 11.5 Å². The van der Waals surface area contributed by atoms with Gasteiger partial charge in [0.15, 0.2) is 0 Å². The number of hydrogen-bond acceptors (Lipinski definition) is 5. The highest BCUT2D eigenvalue weighted by Gasteiger charge is 2.43. The van der Waals surface area contributed by atoms with Crippen LogP contribution in [0.3, 0.4) is 0 Å². The van der Waals surface area contributed by atoms with Crippen molar-refractivity contribution in [3.63, 3.8) is 0 Å². The van der Waals surface area contributed by atoms with Crippen molar-refractivity contribution in [2.45, 2.75) is 5.60 Å². The molecule has 116 valence electrons. The maximum Gasteiger partial charge on any atom is 0.275 e. The lowest BCUT2D eigenvalue weighted by Crippen LogP contribution is -2.48. The molecule has 0 heterocycles. The van der Waals surface area contributed by atoms with Crippen LogP contribution in [-0.2, 0) is 10.4 Å². The van der Waals surface area contributed by atoms with Crippen LogP contribution in [0.2, 0.25) is 0 Å². The Morgan fingerprint density at radius 1 is 1.00 bits per heavy atom. The molecule has 0 aliphatic rings. The minimum Gasteiger partial charge on any atom is -0.496 e. The number of methoxy groups -OCH3 is 2. The molecule has 1 amide bonds. The Hall–Kier alpha value is -2.57. The van der Waals surface area contributed by atoms with Crippen molar-refractivity contribution >= 4 is 5.91 Å². The summed E-state index contributed by atoms with van der Waals surface area (Å²) in [6, 6.07) is 13.4. The maximum atomic E-state index is 12.4. The second kappa shape index (κ2) is 6.46. The summed E-state index contributed by atoms with van der Waals surface area (Å²) in [4.78, 5) is 12.4. The predicted octanol–water partition coefficient (Wildman–Crippen LogP) is 0.930. The standard InChI is InChI=1S/C16H18N2O4/c1-21-13-9-5-3-7-11(13)16(20,15(19)18-17)12-8-4-6-10-14(12)22-2/h3-10,20H,17H2,1-2H3,(H,18,19). The van der Waals surface area contributed by atoms with Gasteiger partial charge in [0.25, 0.3) is 5.91 Å². The molecule has 0 bridgehead atoms. The molecule has 0 saturated heterocycles. The number of amides is 1. The molecule has 0 unspecified atom stereocenters. The largest absolute Gasteiger partial charge is 0.496 e. The van der Waals surface area contributed by atoms with Gasteiger partial charge in [-0.05, 0) is 12.1 Å². The van der Waals surface area contributed by atoms with E-state index in [4.69, 9.17) is 15.3 Å². The van der Waals surface area contributed by atoms with Crippen LogP contribution in [0.1, 0.15) is 11.1 Å². The van der Waals surface area contributed by atoms with Crippen LogP contribution < -0.4 is 20.7 Å². The second-order valence-electron chi connectivity index (χ2n) is 4.58. The van der Waals surface area contributed by atoms with Crippen molar-refractivity contribution in [3.05, 3.63) is 59.7 Å². The van der Waals surface area contributed by atoms with Crippen molar-refractivity contribution < 1.29 is 19.4 Å². The van der Waals surface area contributed by atoms with Gasteiger partial charge in [-0.15, -0.1) is 0 Å². The summed E-state index contributed by atoms with van der Waals surface area (Å²) < 4.78 is 10.5.